The topological polar surface area (TPSA) is 70.7 Å². The van der Waals surface area contributed by atoms with Crippen molar-refractivity contribution in [2.24, 2.45) is 5.92 Å². The van der Waals surface area contributed by atoms with Gasteiger partial charge in [0.15, 0.2) is 6.10 Å². The molecule has 2 amide bonds. The summed E-state index contributed by atoms with van der Waals surface area (Å²) in [5, 5.41) is 5.93. The van der Waals surface area contributed by atoms with E-state index in [1.165, 1.54) is 32.1 Å². The van der Waals surface area contributed by atoms with Crippen LogP contribution in [0.4, 0.5) is 5.69 Å². The van der Waals surface area contributed by atoms with Crippen LogP contribution in [0.2, 0.25) is 0 Å². The molecule has 0 bridgehead atoms. The number of rotatable bonds is 6. The van der Waals surface area contributed by atoms with E-state index in [1.807, 2.05) is 30.1 Å². The van der Waals surface area contributed by atoms with Gasteiger partial charge in [0.25, 0.3) is 5.91 Å². The lowest BCUT2D eigenvalue weighted by Crippen LogP contribution is -2.37. The average Bonchev–Trinajstić information content (AvgIpc) is 2.62. The Bertz CT molecular complexity index is 656. The molecule has 1 aromatic rings. The quantitative estimate of drug-likeness (QED) is 0.819. The summed E-state index contributed by atoms with van der Waals surface area (Å²) in [6, 6.07) is 5.76. The first-order valence-corrected chi connectivity index (χ1v) is 9.57. The van der Waals surface area contributed by atoms with E-state index < -0.39 is 6.10 Å². The van der Waals surface area contributed by atoms with Crippen LogP contribution in [0.25, 0.3) is 0 Å². The van der Waals surface area contributed by atoms with Crippen molar-refractivity contribution in [3.63, 3.8) is 0 Å². The standard InChI is InChI=1S/C20H29N3O3/c1-14-20(25)22-17-10-16(8-9-18(17)26-14)12-23(2)13-19(24)21-11-15-6-4-3-5-7-15/h8-10,14-15H,3-7,11-13H2,1-2H3,(H,21,24)(H,22,25). The van der Waals surface area contributed by atoms with Crippen molar-refractivity contribution in [2.45, 2.75) is 51.7 Å². The van der Waals surface area contributed by atoms with Crippen LogP contribution in [0.3, 0.4) is 0 Å². The Kier molecular flexibility index (Phi) is 6.14. The highest BCUT2D eigenvalue weighted by atomic mass is 16.5. The molecule has 142 valence electrons. The highest BCUT2D eigenvalue weighted by molar-refractivity contribution is 5.97. The van der Waals surface area contributed by atoms with E-state index in [2.05, 4.69) is 10.6 Å². The van der Waals surface area contributed by atoms with Crippen LogP contribution in [-0.4, -0.2) is 43.0 Å². The van der Waals surface area contributed by atoms with Gasteiger partial charge >= 0.3 is 0 Å². The fraction of sp³-hybridized carbons (Fsp3) is 0.600. The molecule has 2 aliphatic rings. The minimum absolute atomic E-state index is 0.0708. The second-order valence-corrected chi connectivity index (χ2v) is 7.56. The monoisotopic (exact) mass is 359 g/mol. The number of hydrogen-bond donors (Lipinski definition) is 2. The number of nitrogens with one attached hydrogen (secondary N) is 2. The van der Waals surface area contributed by atoms with Crippen LogP contribution in [-0.2, 0) is 16.1 Å². The summed E-state index contributed by atoms with van der Waals surface area (Å²) in [5.41, 5.74) is 1.73. The number of ether oxygens (including phenoxy) is 1. The Hall–Kier alpha value is -2.08. The zero-order chi connectivity index (χ0) is 18.5. The van der Waals surface area contributed by atoms with Gasteiger partial charge in [0, 0.05) is 13.1 Å². The summed E-state index contributed by atoms with van der Waals surface area (Å²) < 4.78 is 5.57. The van der Waals surface area contributed by atoms with Crippen molar-refractivity contribution in [1.29, 1.82) is 0 Å². The summed E-state index contributed by atoms with van der Waals surface area (Å²) in [5.74, 6) is 1.27. The van der Waals surface area contributed by atoms with Crippen molar-refractivity contribution in [1.82, 2.24) is 10.2 Å². The fourth-order valence-corrected chi connectivity index (χ4v) is 3.67. The number of amides is 2. The Balaban J connectivity index is 1.47. The lowest BCUT2D eigenvalue weighted by molar-refractivity contribution is -0.123. The van der Waals surface area contributed by atoms with Crippen LogP contribution in [0.15, 0.2) is 18.2 Å². The predicted molar refractivity (Wildman–Crippen MR) is 101 cm³/mol. The molecule has 0 saturated heterocycles. The van der Waals surface area contributed by atoms with Crippen LogP contribution in [0.1, 0.15) is 44.6 Å². The molecule has 1 saturated carbocycles. The minimum atomic E-state index is -0.469. The lowest BCUT2D eigenvalue weighted by atomic mass is 9.89. The summed E-state index contributed by atoms with van der Waals surface area (Å²) in [4.78, 5) is 25.9. The number of anilines is 1. The summed E-state index contributed by atoms with van der Waals surface area (Å²) in [6.45, 7) is 3.53. The number of hydrogen-bond acceptors (Lipinski definition) is 4. The first-order chi connectivity index (χ1) is 12.5. The molecule has 6 nitrogen and oxygen atoms in total. The molecule has 1 aromatic carbocycles. The zero-order valence-corrected chi connectivity index (χ0v) is 15.7. The third-order valence-corrected chi connectivity index (χ3v) is 5.15. The highest BCUT2D eigenvalue weighted by Gasteiger charge is 2.23. The van der Waals surface area contributed by atoms with Crippen molar-refractivity contribution in [3.05, 3.63) is 23.8 Å². The summed E-state index contributed by atoms with van der Waals surface area (Å²) in [7, 11) is 1.93. The first-order valence-electron chi connectivity index (χ1n) is 9.57. The Labute approximate surface area is 155 Å². The third-order valence-electron chi connectivity index (χ3n) is 5.15. The smallest absolute Gasteiger partial charge is 0.265 e. The molecule has 0 radical (unpaired) electrons. The van der Waals surface area contributed by atoms with E-state index in [1.54, 1.807) is 6.92 Å². The van der Waals surface area contributed by atoms with Gasteiger partial charge in [-0.2, -0.15) is 0 Å². The summed E-state index contributed by atoms with van der Waals surface area (Å²) >= 11 is 0. The van der Waals surface area contributed by atoms with Gasteiger partial charge in [-0.1, -0.05) is 25.3 Å². The number of carbonyl (C=O) groups excluding carboxylic acids is 2. The molecule has 3 rings (SSSR count). The molecule has 2 N–H and O–H groups in total. The number of carbonyl (C=O) groups is 2. The number of fused-ring (bicyclic) bond motifs is 1. The molecular weight excluding hydrogens is 330 g/mol. The van der Waals surface area contributed by atoms with Gasteiger partial charge in [0.2, 0.25) is 5.91 Å². The van der Waals surface area contributed by atoms with E-state index in [4.69, 9.17) is 4.74 Å². The van der Waals surface area contributed by atoms with Gasteiger partial charge in [-0.3, -0.25) is 14.5 Å². The molecule has 1 aliphatic heterocycles. The van der Waals surface area contributed by atoms with E-state index in [0.29, 0.717) is 30.4 Å². The van der Waals surface area contributed by atoms with Crippen LogP contribution < -0.4 is 15.4 Å². The van der Waals surface area contributed by atoms with Gasteiger partial charge in [-0.25, -0.2) is 0 Å². The van der Waals surface area contributed by atoms with Crippen LogP contribution >= 0.6 is 0 Å². The molecule has 6 heteroatoms. The second-order valence-electron chi connectivity index (χ2n) is 7.56. The molecule has 1 heterocycles. The molecule has 26 heavy (non-hydrogen) atoms. The molecule has 1 unspecified atom stereocenters. The maximum atomic E-state index is 12.2. The Morgan fingerprint density at radius 3 is 2.85 bits per heavy atom. The molecule has 0 aromatic heterocycles. The normalized spacial score (nSPS) is 20.3. The van der Waals surface area contributed by atoms with Crippen LogP contribution in [0.5, 0.6) is 5.75 Å². The van der Waals surface area contributed by atoms with Gasteiger partial charge in [0.1, 0.15) is 5.75 Å². The van der Waals surface area contributed by atoms with E-state index in [0.717, 1.165) is 12.1 Å². The van der Waals surface area contributed by atoms with E-state index in [9.17, 15) is 9.59 Å². The molecule has 1 atom stereocenters. The van der Waals surface area contributed by atoms with Crippen LogP contribution in [0, 0.1) is 5.92 Å². The molecule has 1 fully saturated rings. The lowest BCUT2D eigenvalue weighted by Gasteiger charge is -2.25. The zero-order valence-electron chi connectivity index (χ0n) is 15.7. The minimum Gasteiger partial charge on any atom is -0.479 e. The maximum Gasteiger partial charge on any atom is 0.265 e. The molecule has 0 spiro atoms. The van der Waals surface area contributed by atoms with Crippen molar-refractivity contribution in [2.75, 3.05) is 25.5 Å². The van der Waals surface area contributed by atoms with Gasteiger partial charge in [0.05, 0.1) is 12.2 Å². The first kappa shape index (κ1) is 18.7. The molecule has 1 aliphatic carbocycles. The maximum absolute atomic E-state index is 12.2. The molecular formula is C20H29N3O3. The number of nitrogens with zero attached hydrogens (tertiary/aromatic N) is 1. The highest BCUT2D eigenvalue weighted by Crippen LogP contribution is 2.30. The largest absolute Gasteiger partial charge is 0.479 e. The Morgan fingerprint density at radius 1 is 1.31 bits per heavy atom. The van der Waals surface area contributed by atoms with E-state index >= 15 is 0 Å². The van der Waals surface area contributed by atoms with Gasteiger partial charge in [-0.15, -0.1) is 0 Å². The predicted octanol–water partition coefficient (Wildman–Crippen LogP) is 2.53. The number of likely N-dealkylation sites (N-methyl/N-ethyl adjacent to an activating group) is 1. The Morgan fingerprint density at radius 2 is 2.08 bits per heavy atom. The van der Waals surface area contributed by atoms with E-state index in [-0.39, 0.29) is 11.8 Å². The summed E-state index contributed by atoms with van der Waals surface area (Å²) in [6.07, 6.45) is 5.91. The van der Waals surface area contributed by atoms with Crippen molar-refractivity contribution in [3.8, 4) is 5.75 Å². The average molecular weight is 359 g/mol. The second kappa shape index (κ2) is 8.54. The SMILES string of the molecule is CC1Oc2ccc(CN(C)CC(=O)NCC3CCCCC3)cc2NC1=O. The van der Waals surface area contributed by atoms with Gasteiger partial charge in [-0.05, 0) is 50.4 Å². The number of benzene rings is 1. The van der Waals surface area contributed by atoms with Crippen molar-refractivity contribution < 1.29 is 14.3 Å². The fourth-order valence-electron chi connectivity index (χ4n) is 3.67. The third kappa shape index (κ3) is 4.97. The van der Waals surface area contributed by atoms with Gasteiger partial charge < -0.3 is 15.4 Å². The van der Waals surface area contributed by atoms with Crippen molar-refractivity contribution >= 4 is 17.5 Å².